The SMILES string of the molecule is C[C@@H](NC(=O)CSc1nnc2ccccn12)C12CC3CC(CC(C3)C1)C2. The fourth-order valence-corrected chi connectivity index (χ4v) is 6.93. The van der Waals surface area contributed by atoms with Gasteiger partial charge >= 0.3 is 0 Å². The van der Waals surface area contributed by atoms with Crippen LogP contribution in [-0.2, 0) is 4.79 Å². The topological polar surface area (TPSA) is 59.3 Å². The number of hydrogen-bond donors (Lipinski definition) is 1. The summed E-state index contributed by atoms with van der Waals surface area (Å²) in [6.07, 6.45) is 10.2. The first-order valence-electron chi connectivity index (χ1n) is 9.83. The third-order valence-electron chi connectivity index (χ3n) is 7.00. The number of rotatable bonds is 5. The van der Waals surface area contributed by atoms with E-state index < -0.39 is 0 Å². The Bertz CT molecular complexity index is 797. The van der Waals surface area contributed by atoms with Crippen LogP contribution in [0.25, 0.3) is 5.65 Å². The van der Waals surface area contributed by atoms with Crippen molar-refractivity contribution in [2.75, 3.05) is 5.75 Å². The minimum absolute atomic E-state index is 0.117. The molecule has 4 bridgehead atoms. The van der Waals surface area contributed by atoms with Crippen molar-refractivity contribution in [2.45, 2.75) is 56.6 Å². The molecule has 2 heterocycles. The predicted octanol–water partition coefficient (Wildman–Crippen LogP) is 3.54. The van der Waals surface area contributed by atoms with Crippen molar-refractivity contribution >= 4 is 23.3 Å². The molecule has 4 fully saturated rings. The smallest absolute Gasteiger partial charge is 0.230 e. The molecule has 5 nitrogen and oxygen atoms in total. The molecule has 26 heavy (non-hydrogen) atoms. The molecule has 1 atom stereocenters. The van der Waals surface area contributed by atoms with E-state index in [0.29, 0.717) is 11.2 Å². The summed E-state index contributed by atoms with van der Waals surface area (Å²) in [5.41, 5.74) is 1.17. The second-order valence-electron chi connectivity index (χ2n) is 8.77. The van der Waals surface area contributed by atoms with E-state index in [-0.39, 0.29) is 11.9 Å². The van der Waals surface area contributed by atoms with Gasteiger partial charge in [0.05, 0.1) is 5.75 Å². The third-order valence-corrected chi connectivity index (χ3v) is 7.94. The van der Waals surface area contributed by atoms with Crippen molar-refractivity contribution in [3.8, 4) is 0 Å². The molecule has 0 radical (unpaired) electrons. The van der Waals surface area contributed by atoms with Gasteiger partial charge in [-0.05, 0) is 80.8 Å². The Morgan fingerprint density at radius 1 is 1.23 bits per heavy atom. The highest BCUT2D eigenvalue weighted by Crippen LogP contribution is 2.61. The number of carbonyl (C=O) groups is 1. The van der Waals surface area contributed by atoms with Gasteiger partial charge in [0, 0.05) is 12.2 Å². The standard InChI is InChI=1S/C20H26N4OS/c1-13(20-9-14-6-15(10-20)8-16(7-14)11-20)21-18(25)12-26-19-23-22-17-4-2-3-5-24(17)19/h2-5,13-16H,6-12H2,1H3,(H,21,25)/t13-,14?,15?,16?,20?/m1/s1. The van der Waals surface area contributed by atoms with Crippen molar-refractivity contribution in [3.63, 3.8) is 0 Å². The van der Waals surface area contributed by atoms with E-state index in [4.69, 9.17) is 0 Å². The van der Waals surface area contributed by atoms with Crippen molar-refractivity contribution in [2.24, 2.45) is 23.2 Å². The second kappa shape index (κ2) is 6.25. The molecule has 0 unspecified atom stereocenters. The number of pyridine rings is 1. The monoisotopic (exact) mass is 370 g/mol. The number of aromatic nitrogens is 3. The summed E-state index contributed by atoms with van der Waals surface area (Å²) in [4.78, 5) is 12.6. The normalized spacial score (nSPS) is 33.5. The van der Waals surface area contributed by atoms with Crippen LogP contribution in [0.15, 0.2) is 29.6 Å². The molecule has 138 valence electrons. The van der Waals surface area contributed by atoms with Crippen LogP contribution in [-0.4, -0.2) is 32.3 Å². The Morgan fingerprint density at radius 3 is 2.62 bits per heavy atom. The van der Waals surface area contributed by atoms with Crippen LogP contribution >= 0.6 is 11.8 Å². The molecule has 0 aliphatic heterocycles. The van der Waals surface area contributed by atoms with Gasteiger partial charge in [-0.3, -0.25) is 9.20 Å². The third kappa shape index (κ3) is 2.82. The van der Waals surface area contributed by atoms with E-state index in [0.717, 1.165) is 28.6 Å². The average molecular weight is 371 g/mol. The lowest BCUT2D eigenvalue weighted by atomic mass is 9.48. The van der Waals surface area contributed by atoms with E-state index in [1.165, 1.54) is 50.3 Å². The van der Waals surface area contributed by atoms with Crippen LogP contribution in [0, 0.1) is 23.2 Å². The zero-order valence-corrected chi connectivity index (χ0v) is 16.0. The summed E-state index contributed by atoms with van der Waals surface area (Å²) in [7, 11) is 0. The molecule has 0 spiro atoms. The molecule has 4 saturated carbocycles. The lowest BCUT2D eigenvalue weighted by Crippen LogP contribution is -2.56. The van der Waals surface area contributed by atoms with Gasteiger partial charge in [-0.1, -0.05) is 17.8 Å². The molecule has 1 N–H and O–H groups in total. The molecule has 2 aromatic heterocycles. The van der Waals surface area contributed by atoms with Crippen LogP contribution in [0.4, 0.5) is 0 Å². The van der Waals surface area contributed by atoms with Crippen molar-refractivity contribution in [3.05, 3.63) is 24.4 Å². The fourth-order valence-electron chi connectivity index (χ4n) is 6.19. The first kappa shape index (κ1) is 16.6. The van der Waals surface area contributed by atoms with Gasteiger partial charge < -0.3 is 5.32 Å². The number of amides is 1. The Hall–Kier alpha value is -1.56. The van der Waals surface area contributed by atoms with Gasteiger partial charge in [-0.15, -0.1) is 10.2 Å². The van der Waals surface area contributed by atoms with Crippen molar-refractivity contribution in [1.82, 2.24) is 19.9 Å². The zero-order chi connectivity index (χ0) is 17.7. The molecule has 6 rings (SSSR count). The number of thioether (sulfide) groups is 1. The molecule has 4 aliphatic rings. The van der Waals surface area contributed by atoms with Crippen LogP contribution in [0.3, 0.4) is 0 Å². The average Bonchev–Trinajstić information content (AvgIpc) is 3.02. The maximum atomic E-state index is 12.6. The molecular weight excluding hydrogens is 344 g/mol. The summed E-state index contributed by atoms with van der Waals surface area (Å²) >= 11 is 1.46. The van der Waals surface area contributed by atoms with Crippen LogP contribution in [0.2, 0.25) is 0 Å². The van der Waals surface area contributed by atoms with Gasteiger partial charge in [0.15, 0.2) is 10.8 Å². The summed E-state index contributed by atoms with van der Waals surface area (Å²) in [6, 6.07) is 6.10. The van der Waals surface area contributed by atoms with Gasteiger partial charge in [0.2, 0.25) is 5.91 Å². The number of nitrogens with one attached hydrogen (secondary N) is 1. The maximum Gasteiger partial charge on any atom is 0.230 e. The summed E-state index contributed by atoms with van der Waals surface area (Å²) in [5.74, 6) is 3.25. The molecule has 6 heteroatoms. The van der Waals surface area contributed by atoms with Gasteiger partial charge in [0.25, 0.3) is 0 Å². The lowest BCUT2D eigenvalue weighted by Gasteiger charge is -2.59. The number of hydrogen-bond acceptors (Lipinski definition) is 4. The summed E-state index contributed by atoms with van der Waals surface area (Å²) < 4.78 is 1.93. The Morgan fingerprint density at radius 2 is 1.92 bits per heavy atom. The first-order chi connectivity index (χ1) is 12.6. The van der Waals surface area contributed by atoms with E-state index in [1.807, 2.05) is 28.8 Å². The quantitative estimate of drug-likeness (QED) is 0.818. The number of nitrogens with zero attached hydrogens (tertiary/aromatic N) is 3. The summed E-state index contributed by atoms with van der Waals surface area (Å²) in [5, 5.41) is 12.4. The van der Waals surface area contributed by atoms with Crippen LogP contribution in [0.1, 0.15) is 45.4 Å². The summed E-state index contributed by atoms with van der Waals surface area (Å²) in [6.45, 7) is 2.24. The highest BCUT2D eigenvalue weighted by molar-refractivity contribution is 7.99. The molecule has 2 aromatic rings. The number of carbonyl (C=O) groups excluding carboxylic acids is 1. The molecule has 1 amide bonds. The van der Waals surface area contributed by atoms with Gasteiger partial charge in [-0.2, -0.15) is 0 Å². The Kier molecular flexibility index (Phi) is 3.99. The van der Waals surface area contributed by atoms with E-state index in [2.05, 4.69) is 22.4 Å². The van der Waals surface area contributed by atoms with Gasteiger partial charge in [0.1, 0.15) is 0 Å². The maximum absolute atomic E-state index is 12.6. The Labute approximate surface area is 158 Å². The highest BCUT2D eigenvalue weighted by atomic mass is 32.2. The largest absolute Gasteiger partial charge is 0.352 e. The molecule has 0 saturated heterocycles. The minimum Gasteiger partial charge on any atom is -0.352 e. The van der Waals surface area contributed by atoms with E-state index in [1.54, 1.807) is 0 Å². The number of fused-ring (bicyclic) bond motifs is 1. The fraction of sp³-hybridized carbons (Fsp3) is 0.650. The molecule has 0 aromatic carbocycles. The molecular formula is C20H26N4OS. The predicted molar refractivity (Wildman–Crippen MR) is 102 cm³/mol. The minimum atomic E-state index is 0.117. The van der Waals surface area contributed by atoms with E-state index >= 15 is 0 Å². The zero-order valence-electron chi connectivity index (χ0n) is 15.2. The Balaban J connectivity index is 1.22. The van der Waals surface area contributed by atoms with Gasteiger partial charge in [-0.25, -0.2) is 0 Å². The van der Waals surface area contributed by atoms with Crippen molar-refractivity contribution in [1.29, 1.82) is 0 Å². The second-order valence-corrected chi connectivity index (χ2v) is 9.71. The van der Waals surface area contributed by atoms with Crippen LogP contribution in [0.5, 0.6) is 0 Å². The molecule has 4 aliphatic carbocycles. The lowest BCUT2D eigenvalue weighted by molar-refractivity contribution is -0.123. The highest BCUT2D eigenvalue weighted by Gasteiger charge is 2.53. The first-order valence-corrected chi connectivity index (χ1v) is 10.8. The van der Waals surface area contributed by atoms with Crippen molar-refractivity contribution < 1.29 is 4.79 Å². The van der Waals surface area contributed by atoms with Crippen LogP contribution < -0.4 is 5.32 Å². The van der Waals surface area contributed by atoms with E-state index in [9.17, 15) is 4.79 Å².